The normalized spacial score (nSPS) is 10.9. The van der Waals surface area contributed by atoms with E-state index >= 15 is 0 Å². The molecule has 0 aliphatic carbocycles. The van der Waals surface area contributed by atoms with Crippen LogP contribution in [-0.4, -0.2) is 18.7 Å². The van der Waals surface area contributed by atoms with E-state index in [-0.39, 0.29) is 11.1 Å². The average molecular weight is 378 g/mol. The zero-order valence-electron chi connectivity index (χ0n) is 14.6. The Bertz CT molecular complexity index is 1270. The van der Waals surface area contributed by atoms with Crippen LogP contribution in [0.4, 0.5) is 0 Å². The highest BCUT2D eigenvalue weighted by molar-refractivity contribution is 7.21. The van der Waals surface area contributed by atoms with Crippen molar-refractivity contribution in [1.29, 1.82) is 5.26 Å². The molecular weight excluding hydrogens is 364 g/mol. The van der Waals surface area contributed by atoms with Crippen LogP contribution in [0.15, 0.2) is 45.6 Å². The van der Waals surface area contributed by atoms with Gasteiger partial charge in [0.05, 0.1) is 29.5 Å². The molecule has 0 radical (unpaired) electrons. The number of methoxy groups -OCH3 is 1. The lowest BCUT2D eigenvalue weighted by atomic mass is 10.1. The van der Waals surface area contributed by atoms with Crippen molar-refractivity contribution in [3.05, 3.63) is 52.4 Å². The number of rotatable bonds is 4. The topological polar surface area (TPSA) is 85.3 Å². The summed E-state index contributed by atoms with van der Waals surface area (Å²) in [7, 11) is 1.52. The fourth-order valence-electron chi connectivity index (χ4n) is 2.89. The van der Waals surface area contributed by atoms with E-state index in [1.54, 1.807) is 18.2 Å². The number of fused-ring (bicyclic) bond motifs is 2. The highest BCUT2D eigenvalue weighted by atomic mass is 32.1. The second kappa shape index (κ2) is 6.74. The third-order valence-electron chi connectivity index (χ3n) is 4.11. The van der Waals surface area contributed by atoms with Gasteiger partial charge in [0.25, 0.3) is 0 Å². The van der Waals surface area contributed by atoms with Gasteiger partial charge in [-0.25, -0.2) is 9.78 Å². The number of aromatic nitrogens is 1. The minimum Gasteiger partial charge on any atom is -0.497 e. The van der Waals surface area contributed by atoms with Crippen molar-refractivity contribution < 1.29 is 13.9 Å². The first kappa shape index (κ1) is 17.1. The SMILES string of the molecule is CCOc1ccc2nc(-c3c(C#N)c4ccc(OC)cc4oc3=O)sc2c1. The van der Waals surface area contributed by atoms with Gasteiger partial charge in [-0.15, -0.1) is 11.3 Å². The van der Waals surface area contributed by atoms with Crippen LogP contribution < -0.4 is 15.1 Å². The lowest BCUT2D eigenvalue weighted by Crippen LogP contribution is -2.06. The number of thiazole rings is 1. The maximum atomic E-state index is 12.6. The number of hydrogen-bond donors (Lipinski definition) is 0. The summed E-state index contributed by atoms with van der Waals surface area (Å²) in [6.07, 6.45) is 0. The summed E-state index contributed by atoms with van der Waals surface area (Å²) >= 11 is 1.32. The molecule has 0 unspecified atom stereocenters. The second-order valence-electron chi connectivity index (χ2n) is 5.69. The molecule has 4 aromatic rings. The van der Waals surface area contributed by atoms with Gasteiger partial charge in [0.2, 0.25) is 0 Å². The minimum absolute atomic E-state index is 0.175. The van der Waals surface area contributed by atoms with Gasteiger partial charge in [0.1, 0.15) is 33.7 Å². The van der Waals surface area contributed by atoms with Gasteiger partial charge in [-0.1, -0.05) is 0 Å². The van der Waals surface area contributed by atoms with Crippen LogP contribution in [-0.2, 0) is 0 Å². The van der Waals surface area contributed by atoms with Crippen LogP contribution in [0.25, 0.3) is 31.8 Å². The van der Waals surface area contributed by atoms with Crippen LogP contribution in [0.5, 0.6) is 11.5 Å². The largest absolute Gasteiger partial charge is 0.497 e. The van der Waals surface area contributed by atoms with Crippen LogP contribution in [0.1, 0.15) is 12.5 Å². The molecule has 0 saturated heterocycles. The smallest absolute Gasteiger partial charge is 0.348 e. The fourth-order valence-corrected chi connectivity index (χ4v) is 3.92. The summed E-state index contributed by atoms with van der Waals surface area (Å²) < 4.78 is 17.0. The number of nitrogens with zero attached hydrogens (tertiary/aromatic N) is 2. The van der Waals surface area contributed by atoms with E-state index in [1.807, 2.05) is 25.1 Å². The Morgan fingerprint density at radius 1 is 1.22 bits per heavy atom. The minimum atomic E-state index is -0.601. The molecule has 0 spiro atoms. The van der Waals surface area contributed by atoms with Crippen LogP contribution >= 0.6 is 11.3 Å². The van der Waals surface area contributed by atoms with Crippen LogP contribution in [0.3, 0.4) is 0 Å². The molecule has 2 aromatic heterocycles. The number of ether oxygens (including phenoxy) is 2. The molecule has 6 nitrogen and oxygen atoms in total. The van der Waals surface area contributed by atoms with Gasteiger partial charge < -0.3 is 13.9 Å². The molecule has 0 saturated carbocycles. The summed E-state index contributed by atoms with van der Waals surface area (Å²) in [6.45, 7) is 2.48. The van der Waals surface area contributed by atoms with E-state index < -0.39 is 5.63 Å². The third-order valence-corrected chi connectivity index (χ3v) is 5.15. The summed E-state index contributed by atoms with van der Waals surface area (Å²) in [4.78, 5) is 17.2. The van der Waals surface area contributed by atoms with Crippen molar-refractivity contribution in [3.8, 4) is 28.1 Å². The van der Waals surface area contributed by atoms with Crippen molar-refractivity contribution >= 4 is 32.5 Å². The van der Waals surface area contributed by atoms with Crippen molar-refractivity contribution in [2.24, 2.45) is 0 Å². The molecule has 134 valence electrons. The van der Waals surface area contributed by atoms with Gasteiger partial charge in [-0.05, 0) is 37.3 Å². The molecule has 0 bridgehead atoms. The first-order valence-electron chi connectivity index (χ1n) is 8.23. The van der Waals surface area contributed by atoms with Gasteiger partial charge in [0, 0.05) is 11.5 Å². The molecule has 0 amide bonds. The summed E-state index contributed by atoms with van der Waals surface area (Å²) in [5.41, 5.74) is 0.856. The fraction of sp³-hybridized carbons (Fsp3) is 0.150. The molecule has 2 aromatic carbocycles. The number of hydrogen-bond acceptors (Lipinski definition) is 7. The Balaban J connectivity index is 1.95. The molecule has 2 heterocycles. The maximum Gasteiger partial charge on any atom is 0.348 e. The second-order valence-corrected chi connectivity index (χ2v) is 6.73. The molecular formula is C20H14N2O4S. The third kappa shape index (κ3) is 2.90. The quantitative estimate of drug-likeness (QED) is 0.491. The van der Waals surface area contributed by atoms with Gasteiger partial charge in [-0.3, -0.25) is 0 Å². The van der Waals surface area contributed by atoms with Crippen molar-refractivity contribution in [3.63, 3.8) is 0 Å². The molecule has 0 atom stereocenters. The van der Waals surface area contributed by atoms with Crippen molar-refractivity contribution in [2.45, 2.75) is 6.92 Å². The van der Waals surface area contributed by atoms with E-state index in [1.165, 1.54) is 18.4 Å². The molecule has 7 heteroatoms. The van der Waals surface area contributed by atoms with Crippen LogP contribution in [0.2, 0.25) is 0 Å². The maximum absolute atomic E-state index is 12.6. The van der Waals surface area contributed by atoms with Crippen LogP contribution in [0, 0.1) is 11.3 Å². The average Bonchev–Trinajstić information content (AvgIpc) is 3.09. The Morgan fingerprint density at radius 2 is 2.04 bits per heavy atom. The summed E-state index contributed by atoms with van der Waals surface area (Å²) in [6, 6.07) is 12.7. The standard InChI is InChI=1S/C20H14N2O4S/c1-3-25-12-5-7-15-17(9-12)27-19(22-15)18-14(10-21)13-6-4-11(24-2)8-16(13)26-20(18)23/h4-9H,3H2,1-2H3. The Hall–Kier alpha value is -3.37. The molecule has 27 heavy (non-hydrogen) atoms. The Kier molecular flexibility index (Phi) is 4.26. The lowest BCUT2D eigenvalue weighted by molar-refractivity contribution is 0.341. The van der Waals surface area contributed by atoms with Gasteiger partial charge in [-0.2, -0.15) is 5.26 Å². The van der Waals surface area contributed by atoms with Crippen molar-refractivity contribution in [2.75, 3.05) is 13.7 Å². The molecule has 4 rings (SSSR count). The molecule has 0 aliphatic heterocycles. The highest BCUT2D eigenvalue weighted by Crippen LogP contribution is 2.35. The Morgan fingerprint density at radius 3 is 2.78 bits per heavy atom. The van der Waals surface area contributed by atoms with E-state index in [2.05, 4.69) is 11.1 Å². The van der Waals surface area contributed by atoms with E-state index in [0.29, 0.717) is 28.3 Å². The Labute approximate surface area is 158 Å². The molecule has 0 N–H and O–H groups in total. The van der Waals surface area contributed by atoms with Gasteiger partial charge in [0.15, 0.2) is 0 Å². The number of benzene rings is 2. The summed E-state index contributed by atoms with van der Waals surface area (Å²) in [5.74, 6) is 1.28. The van der Waals surface area contributed by atoms with E-state index in [9.17, 15) is 10.1 Å². The monoisotopic (exact) mass is 378 g/mol. The first-order valence-corrected chi connectivity index (χ1v) is 9.05. The van der Waals surface area contributed by atoms with Gasteiger partial charge >= 0.3 is 5.63 Å². The van der Waals surface area contributed by atoms with E-state index in [0.717, 1.165) is 16.0 Å². The first-order chi connectivity index (χ1) is 13.1. The predicted molar refractivity (Wildman–Crippen MR) is 104 cm³/mol. The predicted octanol–water partition coefficient (Wildman–Crippen LogP) is 4.35. The zero-order chi connectivity index (χ0) is 19.0. The lowest BCUT2D eigenvalue weighted by Gasteiger charge is -2.05. The molecule has 0 aliphatic rings. The van der Waals surface area contributed by atoms with Crippen molar-refractivity contribution in [1.82, 2.24) is 4.98 Å². The zero-order valence-corrected chi connectivity index (χ0v) is 15.4. The molecule has 0 fully saturated rings. The van der Waals surface area contributed by atoms with E-state index in [4.69, 9.17) is 13.9 Å². The highest BCUT2D eigenvalue weighted by Gasteiger charge is 2.20. The summed E-state index contributed by atoms with van der Waals surface area (Å²) in [5, 5.41) is 10.7. The number of nitriles is 1.